The van der Waals surface area contributed by atoms with Crippen LogP contribution in [0.15, 0.2) is 35.0 Å². The summed E-state index contributed by atoms with van der Waals surface area (Å²) < 4.78 is 5.41. The Morgan fingerprint density at radius 3 is 2.73 bits per heavy atom. The second-order valence-electron chi connectivity index (χ2n) is 7.19. The SMILES string of the molecule is CCc1ccc(-c2[nH]ncc2CN2CCCC2c2c(C)noc2C)cc1. The van der Waals surface area contributed by atoms with Gasteiger partial charge in [0.2, 0.25) is 0 Å². The molecule has 1 unspecified atom stereocenters. The van der Waals surface area contributed by atoms with Gasteiger partial charge in [-0.1, -0.05) is 36.3 Å². The Hall–Kier alpha value is -2.40. The summed E-state index contributed by atoms with van der Waals surface area (Å²) in [7, 11) is 0. The highest BCUT2D eigenvalue weighted by Crippen LogP contribution is 2.37. The number of rotatable bonds is 5. The maximum Gasteiger partial charge on any atom is 0.138 e. The lowest BCUT2D eigenvalue weighted by molar-refractivity contribution is 0.246. The van der Waals surface area contributed by atoms with Gasteiger partial charge in [-0.05, 0) is 50.8 Å². The fourth-order valence-electron chi connectivity index (χ4n) is 4.11. The van der Waals surface area contributed by atoms with E-state index in [0.717, 1.165) is 43.1 Å². The summed E-state index contributed by atoms with van der Waals surface area (Å²) in [6.07, 6.45) is 5.38. The molecular weight excluding hydrogens is 324 g/mol. The summed E-state index contributed by atoms with van der Waals surface area (Å²) in [5.41, 5.74) is 7.20. The molecule has 1 aliphatic heterocycles. The normalized spacial score (nSPS) is 17.9. The minimum absolute atomic E-state index is 0.381. The average Bonchev–Trinajstić information content (AvgIpc) is 3.37. The smallest absolute Gasteiger partial charge is 0.138 e. The Balaban J connectivity index is 1.59. The number of hydrogen-bond donors (Lipinski definition) is 1. The summed E-state index contributed by atoms with van der Waals surface area (Å²) in [6, 6.07) is 9.15. The van der Waals surface area contributed by atoms with Crippen LogP contribution in [0.1, 0.15) is 54.0 Å². The van der Waals surface area contributed by atoms with Gasteiger partial charge in [0.25, 0.3) is 0 Å². The number of aromatic amines is 1. The average molecular weight is 350 g/mol. The van der Waals surface area contributed by atoms with Crippen molar-refractivity contribution in [1.29, 1.82) is 0 Å². The standard InChI is InChI=1S/C21H26N4O/c1-4-16-7-9-17(10-8-16)21-18(12-22-23-21)13-25-11-5-6-19(25)20-14(2)24-26-15(20)3/h7-10,12,19H,4-6,11,13H2,1-3H3,(H,22,23). The second kappa shape index (κ2) is 7.08. The Morgan fingerprint density at radius 1 is 1.23 bits per heavy atom. The van der Waals surface area contributed by atoms with E-state index < -0.39 is 0 Å². The zero-order valence-electron chi connectivity index (χ0n) is 15.7. The molecule has 2 aromatic heterocycles. The fraction of sp³-hybridized carbons (Fsp3) is 0.429. The first kappa shape index (κ1) is 17.0. The highest BCUT2D eigenvalue weighted by Gasteiger charge is 2.31. The molecule has 3 aromatic rings. The summed E-state index contributed by atoms with van der Waals surface area (Å²) in [5, 5.41) is 11.7. The molecule has 1 aromatic carbocycles. The summed E-state index contributed by atoms with van der Waals surface area (Å²) in [6.45, 7) is 8.22. The molecule has 0 bridgehead atoms. The van der Waals surface area contributed by atoms with Crippen LogP contribution in [0.25, 0.3) is 11.3 Å². The summed E-state index contributed by atoms with van der Waals surface area (Å²) in [5.74, 6) is 0.946. The topological polar surface area (TPSA) is 58.0 Å². The predicted molar refractivity (Wildman–Crippen MR) is 102 cm³/mol. The molecule has 0 aliphatic carbocycles. The predicted octanol–water partition coefficient (Wildman–Crippen LogP) is 4.58. The molecule has 0 saturated carbocycles. The third-order valence-electron chi connectivity index (χ3n) is 5.53. The van der Waals surface area contributed by atoms with Crippen LogP contribution in [0.3, 0.4) is 0 Å². The van der Waals surface area contributed by atoms with Crippen molar-refractivity contribution in [2.75, 3.05) is 6.54 Å². The largest absolute Gasteiger partial charge is 0.361 e. The Morgan fingerprint density at radius 2 is 2.04 bits per heavy atom. The van der Waals surface area contributed by atoms with E-state index in [1.54, 1.807) is 0 Å². The molecule has 26 heavy (non-hydrogen) atoms. The minimum Gasteiger partial charge on any atom is -0.361 e. The number of benzene rings is 1. The number of H-pyrrole nitrogens is 1. The second-order valence-corrected chi connectivity index (χ2v) is 7.19. The molecule has 3 heterocycles. The number of aromatic nitrogens is 3. The molecule has 1 aliphatic rings. The van der Waals surface area contributed by atoms with Crippen LogP contribution in [0.5, 0.6) is 0 Å². The molecule has 5 heteroatoms. The van der Waals surface area contributed by atoms with Crippen LogP contribution in [0.4, 0.5) is 0 Å². The molecule has 1 fully saturated rings. The van der Waals surface area contributed by atoms with Gasteiger partial charge in [0.05, 0.1) is 17.6 Å². The maximum atomic E-state index is 5.41. The van der Waals surface area contributed by atoms with Crippen molar-refractivity contribution >= 4 is 0 Å². The van der Waals surface area contributed by atoms with Crippen molar-refractivity contribution in [1.82, 2.24) is 20.3 Å². The molecule has 1 N–H and O–H groups in total. The van der Waals surface area contributed by atoms with E-state index in [0.29, 0.717) is 6.04 Å². The van der Waals surface area contributed by atoms with Crippen LogP contribution in [-0.4, -0.2) is 26.8 Å². The third-order valence-corrected chi connectivity index (χ3v) is 5.53. The molecule has 5 nitrogen and oxygen atoms in total. The fourth-order valence-corrected chi connectivity index (χ4v) is 4.11. The van der Waals surface area contributed by atoms with E-state index >= 15 is 0 Å². The van der Waals surface area contributed by atoms with Crippen LogP contribution in [0.2, 0.25) is 0 Å². The molecule has 0 amide bonds. The first-order chi connectivity index (χ1) is 12.7. The van der Waals surface area contributed by atoms with Gasteiger partial charge in [-0.3, -0.25) is 10.00 Å². The first-order valence-electron chi connectivity index (χ1n) is 9.45. The zero-order chi connectivity index (χ0) is 18.1. The van der Waals surface area contributed by atoms with Crippen molar-refractivity contribution in [3.05, 3.63) is 58.6 Å². The van der Waals surface area contributed by atoms with E-state index in [-0.39, 0.29) is 0 Å². The lowest BCUT2D eigenvalue weighted by Gasteiger charge is -2.24. The molecule has 1 saturated heterocycles. The Bertz CT molecular complexity index is 858. The van der Waals surface area contributed by atoms with Gasteiger partial charge in [-0.25, -0.2) is 0 Å². The molecular formula is C21H26N4O. The van der Waals surface area contributed by atoms with Crippen molar-refractivity contribution in [3.63, 3.8) is 0 Å². The van der Waals surface area contributed by atoms with E-state index in [1.807, 2.05) is 20.0 Å². The lowest BCUT2D eigenvalue weighted by Crippen LogP contribution is -2.23. The summed E-state index contributed by atoms with van der Waals surface area (Å²) >= 11 is 0. The molecule has 1 atom stereocenters. The minimum atomic E-state index is 0.381. The first-order valence-corrected chi connectivity index (χ1v) is 9.45. The number of likely N-dealkylation sites (tertiary alicyclic amines) is 1. The monoisotopic (exact) mass is 350 g/mol. The van der Waals surface area contributed by atoms with Crippen LogP contribution in [0, 0.1) is 13.8 Å². The highest BCUT2D eigenvalue weighted by molar-refractivity contribution is 5.62. The quantitative estimate of drug-likeness (QED) is 0.732. The van der Waals surface area contributed by atoms with Gasteiger partial charge in [-0.2, -0.15) is 5.10 Å². The van der Waals surface area contributed by atoms with Crippen molar-refractivity contribution in [3.8, 4) is 11.3 Å². The van der Waals surface area contributed by atoms with E-state index in [4.69, 9.17) is 4.52 Å². The summed E-state index contributed by atoms with van der Waals surface area (Å²) in [4.78, 5) is 2.53. The van der Waals surface area contributed by atoms with Crippen LogP contribution < -0.4 is 0 Å². The van der Waals surface area contributed by atoms with Crippen molar-refractivity contribution in [2.24, 2.45) is 0 Å². The van der Waals surface area contributed by atoms with Crippen molar-refractivity contribution in [2.45, 2.75) is 52.6 Å². The maximum absolute atomic E-state index is 5.41. The lowest BCUT2D eigenvalue weighted by atomic mass is 10.0. The number of aryl methyl sites for hydroxylation is 3. The molecule has 0 spiro atoms. The van der Waals surface area contributed by atoms with E-state index in [9.17, 15) is 0 Å². The van der Waals surface area contributed by atoms with Gasteiger partial charge >= 0.3 is 0 Å². The van der Waals surface area contributed by atoms with Crippen LogP contribution >= 0.6 is 0 Å². The zero-order valence-corrected chi connectivity index (χ0v) is 15.7. The molecule has 0 radical (unpaired) electrons. The highest BCUT2D eigenvalue weighted by atomic mass is 16.5. The third kappa shape index (κ3) is 3.07. The van der Waals surface area contributed by atoms with Gasteiger partial charge in [-0.15, -0.1) is 0 Å². The van der Waals surface area contributed by atoms with E-state index in [1.165, 1.54) is 28.7 Å². The van der Waals surface area contributed by atoms with Gasteiger partial charge in [0.15, 0.2) is 0 Å². The van der Waals surface area contributed by atoms with Gasteiger partial charge in [0, 0.05) is 23.7 Å². The van der Waals surface area contributed by atoms with E-state index in [2.05, 4.69) is 51.4 Å². The Kier molecular flexibility index (Phi) is 4.64. The van der Waals surface area contributed by atoms with Gasteiger partial charge in [0.1, 0.15) is 5.76 Å². The molecule has 4 rings (SSSR count). The molecule has 136 valence electrons. The van der Waals surface area contributed by atoms with Gasteiger partial charge < -0.3 is 4.52 Å². The number of hydrogen-bond acceptors (Lipinski definition) is 4. The van der Waals surface area contributed by atoms with Crippen LogP contribution in [-0.2, 0) is 13.0 Å². The number of nitrogens with one attached hydrogen (secondary N) is 1. The van der Waals surface area contributed by atoms with Crippen molar-refractivity contribution < 1.29 is 4.52 Å². The number of nitrogens with zero attached hydrogens (tertiary/aromatic N) is 3. The Labute approximate surface area is 154 Å².